The van der Waals surface area contributed by atoms with Gasteiger partial charge in [0.05, 0.1) is 12.6 Å². The molecular formula is C18H20ClNO3. The lowest BCUT2D eigenvalue weighted by Gasteiger charge is -2.33. The van der Waals surface area contributed by atoms with Crippen LogP contribution in [0.2, 0.25) is 5.02 Å². The van der Waals surface area contributed by atoms with Crippen molar-refractivity contribution in [2.75, 3.05) is 18.6 Å². The summed E-state index contributed by atoms with van der Waals surface area (Å²) in [4.78, 5) is 13.9. The molecular weight excluding hydrogens is 314 g/mol. The van der Waals surface area contributed by atoms with Gasteiger partial charge in [-0.25, -0.2) is 4.79 Å². The fraction of sp³-hybridized carbons (Fsp3) is 0.278. The normalized spacial score (nSPS) is 13.2. The monoisotopic (exact) mass is 333 g/mol. The molecule has 0 saturated heterocycles. The highest BCUT2D eigenvalue weighted by Gasteiger charge is 2.32. The first-order valence-electron chi connectivity index (χ1n) is 7.42. The van der Waals surface area contributed by atoms with Crippen LogP contribution < -0.4 is 4.90 Å². The van der Waals surface area contributed by atoms with Crippen LogP contribution in [0.1, 0.15) is 18.5 Å². The Morgan fingerprint density at radius 2 is 1.91 bits per heavy atom. The minimum atomic E-state index is -1.30. The van der Waals surface area contributed by atoms with E-state index in [9.17, 15) is 9.90 Å². The first-order valence-corrected chi connectivity index (χ1v) is 7.80. The average Bonchev–Trinajstić information content (AvgIpc) is 2.56. The maximum atomic E-state index is 12.0. The third-order valence-corrected chi connectivity index (χ3v) is 3.84. The molecule has 2 aromatic carbocycles. The van der Waals surface area contributed by atoms with Gasteiger partial charge in [-0.3, -0.25) is 0 Å². The summed E-state index contributed by atoms with van der Waals surface area (Å²) in [5.74, 6) is -0.643. The second-order valence-electron chi connectivity index (χ2n) is 5.14. The first kappa shape index (κ1) is 17.3. The van der Waals surface area contributed by atoms with Crippen molar-refractivity contribution in [3.05, 3.63) is 65.2 Å². The molecule has 5 heteroatoms. The quantitative estimate of drug-likeness (QED) is 0.823. The van der Waals surface area contributed by atoms with E-state index in [1.165, 1.54) is 0 Å². The number of nitrogens with zero attached hydrogens (tertiary/aromatic N) is 1. The molecule has 0 aromatic heterocycles. The third kappa shape index (κ3) is 4.24. The highest BCUT2D eigenvalue weighted by atomic mass is 35.5. The molecule has 2 atom stereocenters. The van der Waals surface area contributed by atoms with E-state index in [2.05, 4.69) is 0 Å². The van der Waals surface area contributed by atoms with E-state index in [0.29, 0.717) is 5.02 Å². The molecule has 0 aliphatic heterocycles. The lowest BCUT2D eigenvalue weighted by atomic mass is 9.99. The Labute approximate surface area is 141 Å². The predicted octanol–water partition coefficient (Wildman–Crippen LogP) is 3.44. The highest BCUT2D eigenvalue weighted by molar-refractivity contribution is 6.30. The number of benzene rings is 2. The molecule has 2 rings (SSSR count). The minimum Gasteiger partial charge on any atom is -0.464 e. The van der Waals surface area contributed by atoms with Gasteiger partial charge in [-0.2, -0.15) is 0 Å². The number of aliphatic hydroxyl groups excluding tert-OH is 1. The van der Waals surface area contributed by atoms with Crippen LogP contribution in [-0.4, -0.2) is 30.8 Å². The lowest BCUT2D eigenvalue weighted by Crippen LogP contribution is -2.39. The summed E-state index contributed by atoms with van der Waals surface area (Å²) >= 11 is 6.05. The number of likely N-dealkylation sites (N-methyl/N-ethyl adjacent to an activating group) is 1. The number of ether oxygens (including phenoxy) is 1. The van der Waals surface area contributed by atoms with Crippen LogP contribution in [0, 0.1) is 0 Å². The molecule has 122 valence electrons. The number of esters is 1. The standard InChI is InChI=1S/C18H20ClNO3/c1-3-23-18(22)17(21)16(13-8-5-4-6-9-13)20(2)15-11-7-10-14(19)12-15/h4-12,16-17,21H,3H2,1-2H3. The topological polar surface area (TPSA) is 49.8 Å². The van der Waals surface area contributed by atoms with Gasteiger partial charge in [0.1, 0.15) is 0 Å². The summed E-state index contributed by atoms with van der Waals surface area (Å²) in [5, 5.41) is 11.1. The summed E-state index contributed by atoms with van der Waals surface area (Å²) in [5.41, 5.74) is 1.62. The molecule has 0 amide bonds. The molecule has 23 heavy (non-hydrogen) atoms. The molecule has 0 aliphatic carbocycles. The number of carbonyl (C=O) groups is 1. The van der Waals surface area contributed by atoms with Crippen molar-refractivity contribution in [1.29, 1.82) is 0 Å². The number of rotatable bonds is 6. The molecule has 2 unspecified atom stereocenters. The smallest absolute Gasteiger partial charge is 0.337 e. The summed E-state index contributed by atoms with van der Waals surface area (Å²) in [6.07, 6.45) is -1.30. The Morgan fingerprint density at radius 1 is 1.22 bits per heavy atom. The Bertz CT molecular complexity index is 648. The van der Waals surface area contributed by atoms with Crippen molar-refractivity contribution in [2.45, 2.75) is 19.1 Å². The Balaban J connectivity index is 2.39. The Morgan fingerprint density at radius 3 is 2.52 bits per heavy atom. The second kappa shape index (κ2) is 7.99. The van der Waals surface area contributed by atoms with E-state index in [4.69, 9.17) is 16.3 Å². The zero-order valence-corrected chi connectivity index (χ0v) is 13.9. The van der Waals surface area contributed by atoms with Crippen molar-refractivity contribution in [1.82, 2.24) is 0 Å². The summed E-state index contributed by atoms with van der Waals surface area (Å²) in [7, 11) is 1.81. The maximum Gasteiger partial charge on any atom is 0.337 e. The molecule has 0 saturated carbocycles. The fourth-order valence-corrected chi connectivity index (χ4v) is 2.67. The lowest BCUT2D eigenvalue weighted by molar-refractivity contribution is -0.154. The van der Waals surface area contributed by atoms with Gasteiger partial charge < -0.3 is 14.7 Å². The van der Waals surface area contributed by atoms with Gasteiger partial charge in [-0.1, -0.05) is 48.0 Å². The van der Waals surface area contributed by atoms with E-state index in [-0.39, 0.29) is 6.61 Å². The van der Waals surface area contributed by atoms with Gasteiger partial charge in [-0.05, 0) is 30.7 Å². The van der Waals surface area contributed by atoms with E-state index in [1.54, 1.807) is 19.1 Å². The van der Waals surface area contributed by atoms with Crippen LogP contribution in [0.5, 0.6) is 0 Å². The maximum absolute atomic E-state index is 12.0. The number of hydrogen-bond donors (Lipinski definition) is 1. The van der Waals surface area contributed by atoms with Gasteiger partial charge in [-0.15, -0.1) is 0 Å². The van der Waals surface area contributed by atoms with Gasteiger partial charge in [0.15, 0.2) is 6.10 Å². The van der Waals surface area contributed by atoms with Crippen molar-refractivity contribution in [3.8, 4) is 0 Å². The molecule has 2 aromatic rings. The Kier molecular flexibility index (Phi) is 6.02. The fourth-order valence-electron chi connectivity index (χ4n) is 2.48. The third-order valence-electron chi connectivity index (χ3n) is 3.60. The summed E-state index contributed by atoms with van der Waals surface area (Å²) < 4.78 is 4.97. The van der Waals surface area contributed by atoms with Crippen molar-refractivity contribution >= 4 is 23.3 Å². The molecule has 4 nitrogen and oxygen atoms in total. The summed E-state index contributed by atoms with van der Waals surface area (Å²) in [6, 6.07) is 16.0. The zero-order valence-electron chi connectivity index (χ0n) is 13.1. The molecule has 0 radical (unpaired) electrons. The van der Waals surface area contributed by atoms with Crippen molar-refractivity contribution in [2.24, 2.45) is 0 Å². The van der Waals surface area contributed by atoms with Gasteiger partial charge >= 0.3 is 5.97 Å². The Hall–Kier alpha value is -2.04. The van der Waals surface area contributed by atoms with Crippen LogP contribution in [-0.2, 0) is 9.53 Å². The van der Waals surface area contributed by atoms with Crippen LogP contribution >= 0.6 is 11.6 Å². The number of carbonyl (C=O) groups excluding carboxylic acids is 1. The van der Waals surface area contributed by atoms with E-state index in [1.807, 2.05) is 54.4 Å². The van der Waals surface area contributed by atoms with Crippen molar-refractivity contribution in [3.63, 3.8) is 0 Å². The van der Waals surface area contributed by atoms with Crippen LogP contribution in [0.3, 0.4) is 0 Å². The van der Waals surface area contributed by atoms with Crippen LogP contribution in [0.4, 0.5) is 5.69 Å². The predicted molar refractivity (Wildman–Crippen MR) is 91.7 cm³/mol. The average molecular weight is 334 g/mol. The minimum absolute atomic E-state index is 0.221. The summed E-state index contributed by atoms with van der Waals surface area (Å²) in [6.45, 7) is 1.93. The van der Waals surface area contributed by atoms with Gasteiger partial charge in [0, 0.05) is 17.8 Å². The van der Waals surface area contributed by atoms with Crippen LogP contribution in [0.15, 0.2) is 54.6 Å². The number of aliphatic hydroxyl groups is 1. The molecule has 1 N–H and O–H groups in total. The molecule has 0 aliphatic rings. The molecule has 0 spiro atoms. The van der Waals surface area contributed by atoms with E-state index >= 15 is 0 Å². The molecule has 0 heterocycles. The van der Waals surface area contributed by atoms with E-state index < -0.39 is 18.1 Å². The number of hydrogen-bond acceptors (Lipinski definition) is 4. The van der Waals surface area contributed by atoms with Gasteiger partial charge in [0.25, 0.3) is 0 Å². The SMILES string of the molecule is CCOC(=O)C(O)C(c1ccccc1)N(C)c1cccc(Cl)c1. The second-order valence-corrected chi connectivity index (χ2v) is 5.58. The highest BCUT2D eigenvalue weighted by Crippen LogP contribution is 2.30. The van der Waals surface area contributed by atoms with Crippen LogP contribution in [0.25, 0.3) is 0 Å². The largest absolute Gasteiger partial charge is 0.464 e. The van der Waals surface area contributed by atoms with E-state index in [0.717, 1.165) is 11.3 Å². The molecule has 0 bridgehead atoms. The number of halogens is 1. The molecule has 0 fully saturated rings. The van der Waals surface area contributed by atoms with Gasteiger partial charge in [0.2, 0.25) is 0 Å². The first-order chi connectivity index (χ1) is 11.0. The number of anilines is 1. The zero-order chi connectivity index (χ0) is 16.8. The van der Waals surface area contributed by atoms with Crippen molar-refractivity contribution < 1.29 is 14.6 Å².